The molecule has 0 saturated carbocycles. The molecule has 2 aliphatic heterocycles. The molecule has 23 heavy (non-hydrogen) atoms. The van der Waals surface area contributed by atoms with Gasteiger partial charge in [0, 0.05) is 37.5 Å². The summed E-state index contributed by atoms with van der Waals surface area (Å²) in [5, 5.41) is 0. The third kappa shape index (κ3) is 5.20. The third-order valence-corrected chi connectivity index (χ3v) is 5.22. The van der Waals surface area contributed by atoms with Crippen molar-refractivity contribution in [2.75, 3.05) is 26.2 Å². The van der Waals surface area contributed by atoms with Crippen LogP contribution in [0.4, 0.5) is 0 Å². The zero-order chi connectivity index (χ0) is 17.0. The molecular formula is C18H33N3O2. The Morgan fingerprint density at radius 1 is 1.04 bits per heavy atom. The van der Waals surface area contributed by atoms with Crippen molar-refractivity contribution in [3.05, 3.63) is 0 Å². The number of likely N-dealkylation sites (tertiary alicyclic amines) is 2. The zero-order valence-corrected chi connectivity index (χ0v) is 15.0. The number of primary amides is 1. The number of nitrogens with zero attached hydrogens (tertiary/aromatic N) is 2. The van der Waals surface area contributed by atoms with Gasteiger partial charge in [0.1, 0.15) is 0 Å². The first-order chi connectivity index (χ1) is 10.8. The first-order valence-electron chi connectivity index (χ1n) is 9.09. The topological polar surface area (TPSA) is 66.6 Å². The van der Waals surface area contributed by atoms with Gasteiger partial charge in [-0.25, -0.2) is 0 Å². The summed E-state index contributed by atoms with van der Waals surface area (Å²) in [6.45, 7) is 9.84. The number of rotatable bonds is 4. The molecule has 0 radical (unpaired) electrons. The van der Waals surface area contributed by atoms with E-state index in [2.05, 4.69) is 4.90 Å². The van der Waals surface area contributed by atoms with Crippen LogP contribution in [0.3, 0.4) is 0 Å². The van der Waals surface area contributed by atoms with Gasteiger partial charge in [-0.15, -0.1) is 0 Å². The van der Waals surface area contributed by atoms with Crippen molar-refractivity contribution in [2.45, 2.75) is 65.3 Å². The maximum Gasteiger partial charge on any atom is 0.227 e. The molecule has 0 unspecified atom stereocenters. The number of amides is 2. The summed E-state index contributed by atoms with van der Waals surface area (Å²) in [6, 6.07) is 0.329. The van der Waals surface area contributed by atoms with Gasteiger partial charge in [-0.3, -0.25) is 14.5 Å². The largest absolute Gasteiger partial charge is 0.370 e. The van der Waals surface area contributed by atoms with Crippen LogP contribution in [0.2, 0.25) is 0 Å². The summed E-state index contributed by atoms with van der Waals surface area (Å²) >= 11 is 0. The van der Waals surface area contributed by atoms with E-state index in [0.29, 0.717) is 18.4 Å². The van der Waals surface area contributed by atoms with Crippen molar-refractivity contribution in [1.82, 2.24) is 9.80 Å². The lowest BCUT2D eigenvalue weighted by atomic mass is 9.89. The second-order valence-corrected chi connectivity index (χ2v) is 8.30. The standard InChI is InChI=1S/C18H33N3O2/c1-18(2,3)17(23)20-10-7-14(8-11-20)13-21-9-5-4-6-15(21)12-16(19)22/h14-15H,4-13H2,1-3H3,(H2,19,22)/t15-/m1/s1. The lowest BCUT2D eigenvalue weighted by molar-refractivity contribution is -0.141. The van der Waals surface area contributed by atoms with Gasteiger partial charge < -0.3 is 10.6 Å². The van der Waals surface area contributed by atoms with Crippen molar-refractivity contribution in [3.8, 4) is 0 Å². The molecule has 1 atom stereocenters. The molecule has 0 spiro atoms. The normalized spacial score (nSPS) is 24.7. The molecule has 0 aromatic carbocycles. The molecule has 2 aliphatic rings. The van der Waals surface area contributed by atoms with E-state index < -0.39 is 0 Å². The summed E-state index contributed by atoms with van der Waals surface area (Å²) in [5.74, 6) is 0.709. The molecule has 5 heteroatoms. The predicted octanol–water partition coefficient (Wildman–Crippen LogP) is 2.00. The lowest BCUT2D eigenvalue weighted by Crippen LogP contribution is -2.48. The zero-order valence-electron chi connectivity index (χ0n) is 15.0. The summed E-state index contributed by atoms with van der Waals surface area (Å²) in [6.07, 6.45) is 6.14. The first-order valence-corrected chi connectivity index (χ1v) is 9.09. The fourth-order valence-electron chi connectivity index (χ4n) is 3.89. The highest BCUT2D eigenvalue weighted by atomic mass is 16.2. The minimum Gasteiger partial charge on any atom is -0.370 e. The number of piperidine rings is 2. The van der Waals surface area contributed by atoms with E-state index >= 15 is 0 Å². The van der Waals surface area contributed by atoms with E-state index in [0.717, 1.165) is 45.4 Å². The van der Waals surface area contributed by atoms with Crippen molar-refractivity contribution in [3.63, 3.8) is 0 Å². The van der Waals surface area contributed by atoms with Gasteiger partial charge in [-0.1, -0.05) is 27.2 Å². The van der Waals surface area contributed by atoms with Crippen LogP contribution in [0.15, 0.2) is 0 Å². The SMILES string of the molecule is CC(C)(C)C(=O)N1CCC(CN2CCCC[C@@H]2CC(N)=O)CC1. The monoisotopic (exact) mass is 323 g/mol. The highest BCUT2D eigenvalue weighted by Crippen LogP contribution is 2.27. The Morgan fingerprint density at radius 2 is 1.70 bits per heavy atom. The molecule has 0 bridgehead atoms. The molecule has 2 fully saturated rings. The molecule has 2 heterocycles. The molecule has 132 valence electrons. The Balaban J connectivity index is 1.83. The maximum absolute atomic E-state index is 12.4. The van der Waals surface area contributed by atoms with Gasteiger partial charge in [-0.2, -0.15) is 0 Å². The Kier molecular flexibility index (Phi) is 6.06. The van der Waals surface area contributed by atoms with E-state index in [-0.39, 0.29) is 17.2 Å². The van der Waals surface area contributed by atoms with Gasteiger partial charge >= 0.3 is 0 Å². The van der Waals surface area contributed by atoms with Crippen LogP contribution in [-0.2, 0) is 9.59 Å². The van der Waals surface area contributed by atoms with Gasteiger partial charge in [0.2, 0.25) is 11.8 Å². The van der Waals surface area contributed by atoms with E-state index in [1.807, 2.05) is 25.7 Å². The minimum absolute atomic E-state index is 0.188. The second-order valence-electron chi connectivity index (χ2n) is 8.30. The summed E-state index contributed by atoms with van der Waals surface area (Å²) in [7, 11) is 0. The fraction of sp³-hybridized carbons (Fsp3) is 0.889. The Bertz CT molecular complexity index is 422. The van der Waals surface area contributed by atoms with Gasteiger partial charge in [0.05, 0.1) is 0 Å². The Morgan fingerprint density at radius 3 is 2.26 bits per heavy atom. The Hall–Kier alpha value is -1.10. The molecule has 2 saturated heterocycles. The van der Waals surface area contributed by atoms with Gasteiger partial charge in [0.25, 0.3) is 0 Å². The van der Waals surface area contributed by atoms with E-state index in [4.69, 9.17) is 5.73 Å². The number of carbonyl (C=O) groups excluding carboxylic acids is 2. The quantitative estimate of drug-likeness (QED) is 0.860. The van der Waals surface area contributed by atoms with Gasteiger partial charge in [-0.05, 0) is 38.1 Å². The van der Waals surface area contributed by atoms with Crippen LogP contribution in [0, 0.1) is 11.3 Å². The van der Waals surface area contributed by atoms with E-state index in [1.54, 1.807) is 0 Å². The van der Waals surface area contributed by atoms with Crippen LogP contribution in [0.1, 0.15) is 59.3 Å². The molecule has 2 amide bonds. The van der Waals surface area contributed by atoms with Crippen molar-refractivity contribution in [2.24, 2.45) is 17.1 Å². The maximum atomic E-state index is 12.4. The van der Waals surface area contributed by atoms with Crippen LogP contribution in [0.5, 0.6) is 0 Å². The highest BCUT2D eigenvalue weighted by molar-refractivity contribution is 5.81. The average molecular weight is 323 g/mol. The summed E-state index contributed by atoms with van der Waals surface area (Å²) < 4.78 is 0. The highest BCUT2D eigenvalue weighted by Gasteiger charge is 2.32. The predicted molar refractivity (Wildman–Crippen MR) is 91.8 cm³/mol. The molecule has 0 aromatic heterocycles. The number of nitrogens with two attached hydrogens (primary N) is 1. The number of hydrogen-bond donors (Lipinski definition) is 1. The third-order valence-electron chi connectivity index (χ3n) is 5.22. The van der Waals surface area contributed by atoms with Crippen molar-refractivity contribution in [1.29, 1.82) is 0 Å². The molecule has 5 nitrogen and oxygen atoms in total. The number of carbonyl (C=O) groups is 2. The average Bonchev–Trinajstić information content (AvgIpc) is 2.48. The molecule has 0 aromatic rings. The summed E-state index contributed by atoms with van der Waals surface area (Å²) in [4.78, 5) is 28.1. The molecule has 2 rings (SSSR count). The Labute approximate surface area is 140 Å². The fourth-order valence-corrected chi connectivity index (χ4v) is 3.89. The van der Waals surface area contributed by atoms with Crippen molar-refractivity contribution >= 4 is 11.8 Å². The second kappa shape index (κ2) is 7.65. The van der Waals surface area contributed by atoms with Crippen LogP contribution < -0.4 is 5.73 Å². The van der Waals surface area contributed by atoms with E-state index in [1.165, 1.54) is 12.8 Å². The van der Waals surface area contributed by atoms with Gasteiger partial charge in [0.15, 0.2) is 0 Å². The van der Waals surface area contributed by atoms with Crippen LogP contribution >= 0.6 is 0 Å². The lowest BCUT2D eigenvalue weighted by Gasteiger charge is -2.41. The molecule has 2 N–H and O–H groups in total. The smallest absolute Gasteiger partial charge is 0.227 e. The van der Waals surface area contributed by atoms with Crippen LogP contribution in [-0.4, -0.2) is 53.8 Å². The molecule has 0 aliphatic carbocycles. The van der Waals surface area contributed by atoms with Crippen LogP contribution in [0.25, 0.3) is 0 Å². The van der Waals surface area contributed by atoms with E-state index in [9.17, 15) is 9.59 Å². The molecular weight excluding hydrogens is 290 g/mol. The minimum atomic E-state index is -0.285. The van der Waals surface area contributed by atoms with Crippen molar-refractivity contribution < 1.29 is 9.59 Å². The summed E-state index contributed by atoms with van der Waals surface area (Å²) in [5.41, 5.74) is 5.12. The number of hydrogen-bond acceptors (Lipinski definition) is 3. The first kappa shape index (κ1) is 18.2.